The van der Waals surface area contributed by atoms with Gasteiger partial charge in [0.25, 0.3) is 0 Å². The van der Waals surface area contributed by atoms with Crippen molar-refractivity contribution >= 4 is 45.5 Å². The van der Waals surface area contributed by atoms with Crippen LogP contribution in [-0.4, -0.2) is 85.9 Å². The molecule has 3 saturated heterocycles. The molecule has 3 aliphatic rings. The van der Waals surface area contributed by atoms with E-state index in [-0.39, 0.29) is 34.5 Å². The van der Waals surface area contributed by atoms with Crippen LogP contribution in [0.3, 0.4) is 0 Å². The molecule has 0 saturated carbocycles. The van der Waals surface area contributed by atoms with Gasteiger partial charge in [0.05, 0.1) is 35.8 Å². The lowest BCUT2D eigenvalue weighted by Gasteiger charge is -2.39. The minimum absolute atomic E-state index is 0.00202. The Morgan fingerprint density at radius 2 is 2.06 bits per heavy atom. The van der Waals surface area contributed by atoms with E-state index in [2.05, 4.69) is 36.0 Å². The van der Waals surface area contributed by atoms with Gasteiger partial charge in [0.2, 0.25) is 11.8 Å². The summed E-state index contributed by atoms with van der Waals surface area (Å²) in [6.07, 6.45) is 9.00. The Kier molecular flexibility index (Phi) is 10.5. The minimum Gasteiger partial charge on any atom is -0.465 e. The Morgan fingerprint density at radius 1 is 1.31 bits per heavy atom. The van der Waals surface area contributed by atoms with Crippen molar-refractivity contribution in [1.29, 1.82) is 0 Å². The van der Waals surface area contributed by atoms with E-state index in [1.807, 2.05) is 13.0 Å². The lowest BCUT2D eigenvalue weighted by molar-refractivity contribution is -0.154. The second kappa shape index (κ2) is 13.0. The molecule has 36 heavy (non-hydrogen) atoms. The molecule has 3 heterocycles. The third-order valence-electron chi connectivity index (χ3n) is 7.80. The van der Waals surface area contributed by atoms with Gasteiger partial charge in [0, 0.05) is 23.2 Å². The highest BCUT2D eigenvalue weighted by molar-refractivity contribution is 9.09. The SMILES string of the molecule is C=CCCCCOC(=O)[C@H]1[C@@H]2SC3(CC2Br)C(C(=O)N(CC=C)CCCC)N([C@@H](CC)CO)C(=O)[C@H]13. The monoisotopic (exact) mass is 584 g/mol. The van der Waals surface area contributed by atoms with Gasteiger partial charge in [0.15, 0.2) is 0 Å². The highest BCUT2D eigenvalue weighted by atomic mass is 79.9. The molecule has 0 aromatic heterocycles. The number of aliphatic hydroxyl groups excluding tert-OH is 1. The molecule has 1 N–H and O–H groups in total. The number of likely N-dealkylation sites (tertiary alicyclic amines) is 1. The number of allylic oxidation sites excluding steroid dienone is 1. The molecular formula is C27H41BrN2O5S. The number of thioether (sulfide) groups is 1. The van der Waals surface area contributed by atoms with E-state index in [1.54, 1.807) is 27.6 Å². The lowest BCUT2D eigenvalue weighted by Crippen LogP contribution is -2.57. The standard InChI is InChI=1S/C27H41BrN2O5S/c1-5-9-11-12-15-35-26(34)20-21-24(32)30(18(8-4)17-31)23(27(21)16-19(28)22(20)36-27)25(33)29(13-7-3)14-10-6-2/h5,7,18-23,31H,1,3,6,8-17H2,2,4H3/t18-,19?,20+,21-,22+,23?,27?/m0/s1. The number of halogens is 1. The van der Waals surface area contributed by atoms with Crippen LogP contribution in [0.4, 0.5) is 0 Å². The summed E-state index contributed by atoms with van der Waals surface area (Å²) in [5.41, 5.74) is 0. The predicted octanol–water partition coefficient (Wildman–Crippen LogP) is 3.94. The third-order valence-corrected chi connectivity index (χ3v) is 11.0. The summed E-state index contributed by atoms with van der Waals surface area (Å²) in [4.78, 5) is 45.0. The third kappa shape index (κ3) is 5.30. The first-order valence-electron chi connectivity index (χ1n) is 13.2. The van der Waals surface area contributed by atoms with Crippen LogP contribution in [0.1, 0.15) is 58.8 Å². The number of hydrogen-bond acceptors (Lipinski definition) is 6. The first-order chi connectivity index (χ1) is 17.3. The van der Waals surface area contributed by atoms with E-state index in [1.165, 1.54) is 0 Å². The number of carbonyl (C=O) groups is 3. The molecule has 7 atom stereocenters. The van der Waals surface area contributed by atoms with Gasteiger partial charge < -0.3 is 19.6 Å². The largest absolute Gasteiger partial charge is 0.465 e. The number of amides is 2. The number of fused-ring (bicyclic) bond motifs is 1. The molecule has 3 unspecified atom stereocenters. The minimum atomic E-state index is -0.732. The summed E-state index contributed by atoms with van der Waals surface area (Å²) < 4.78 is 4.95. The number of aliphatic hydroxyl groups is 1. The Labute approximate surface area is 228 Å². The number of alkyl halides is 1. The van der Waals surface area contributed by atoms with Crippen molar-refractivity contribution < 1.29 is 24.2 Å². The Balaban J connectivity index is 1.96. The van der Waals surface area contributed by atoms with E-state index < -0.39 is 28.7 Å². The van der Waals surface area contributed by atoms with Crippen molar-refractivity contribution in [3.63, 3.8) is 0 Å². The van der Waals surface area contributed by atoms with Gasteiger partial charge >= 0.3 is 5.97 Å². The highest BCUT2D eigenvalue weighted by Crippen LogP contribution is 2.68. The number of unbranched alkanes of at least 4 members (excludes halogenated alkanes) is 3. The zero-order valence-corrected chi connectivity index (χ0v) is 24.0. The first-order valence-corrected chi connectivity index (χ1v) is 15.0. The maximum Gasteiger partial charge on any atom is 0.310 e. The Hall–Kier alpha value is -1.32. The van der Waals surface area contributed by atoms with Crippen LogP contribution in [0.5, 0.6) is 0 Å². The van der Waals surface area contributed by atoms with E-state index >= 15 is 0 Å². The van der Waals surface area contributed by atoms with Gasteiger partial charge in [-0.2, -0.15) is 0 Å². The van der Waals surface area contributed by atoms with Crippen LogP contribution in [-0.2, 0) is 19.1 Å². The first kappa shape index (κ1) is 29.2. The topological polar surface area (TPSA) is 87.2 Å². The fourth-order valence-electron chi connectivity index (χ4n) is 6.05. The molecule has 3 fully saturated rings. The number of hydrogen-bond donors (Lipinski definition) is 1. The summed E-state index contributed by atoms with van der Waals surface area (Å²) >= 11 is 5.38. The van der Waals surface area contributed by atoms with Crippen LogP contribution in [0.25, 0.3) is 0 Å². The fraction of sp³-hybridized carbons (Fsp3) is 0.741. The summed E-state index contributed by atoms with van der Waals surface area (Å²) in [6, 6.07) is -1.21. The van der Waals surface area contributed by atoms with Gasteiger partial charge in [-0.1, -0.05) is 48.4 Å². The highest BCUT2D eigenvalue weighted by Gasteiger charge is 2.76. The molecule has 9 heteroatoms. The lowest BCUT2D eigenvalue weighted by atomic mass is 9.71. The average molecular weight is 586 g/mol. The molecule has 2 amide bonds. The van der Waals surface area contributed by atoms with Crippen LogP contribution in [0.2, 0.25) is 0 Å². The summed E-state index contributed by atoms with van der Waals surface area (Å²) in [7, 11) is 0. The molecule has 0 radical (unpaired) electrons. The molecule has 1 spiro atoms. The zero-order chi connectivity index (χ0) is 26.5. The second-order valence-electron chi connectivity index (χ2n) is 10.0. The van der Waals surface area contributed by atoms with Crippen LogP contribution in [0, 0.1) is 11.8 Å². The number of esters is 1. The van der Waals surface area contributed by atoms with E-state index in [0.717, 1.165) is 32.1 Å². The molecule has 0 aromatic carbocycles. The van der Waals surface area contributed by atoms with Crippen molar-refractivity contribution in [2.45, 2.75) is 85.7 Å². The Bertz CT molecular complexity index is 837. The smallest absolute Gasteiger partial charge is 0.310 e. The molecule has 3 rings (SSSR count). The van der Waals surface area contributed by atoms with Gasteiger partial charge in [-0.15, -0.1) is 24.9 Å². The van der Waals surface area contributed by atoms with Gasteiger partial charge in [-0.25, -0.2) is 0 Å². The summed E-state index contributed by atoms with van der Waals surface area (Å²) in [6.45, 7) is 12.6. The second-order valence-corrected chi connectivity index (χ2v) is 12.7. The van der Waals surface area contributed by atoms with Crippen LogP contribution in [0.15, 0.2) is 25.3 Å². The van der Waals surface area contributed by atoms with E-state index in [9.17, 15) is 19.5 Å². The molecule has 3 aliphatic heterocycles. The molecule has 0 aromatic rings. The normalized spacial score (nSPS) is 31.3. The van der Waals surface area contributed by atoms with E-state index in [4.69, 9.17) is 4.74 Å². The maximum atomic E-state index is 14.2. The van der Waals surface area contributed by atoms with E-state index in [0.29, 0.717) is 32.5 Å². The fourth-order valence-corrected chi connectivity index (χ4v) is 9.63. The van der Waals surface area contributed by atoms with Gasteiger partial charge in [-0.3, -0.25) is 14.4 Å². The van der Waals surface area contributed by atoms with Crippen molar-refractivity contribution in [2.75, 3.05) is 26.3 Å². The number of rotatable bonds is 15. The van der Waals surface area contributed by atoms with Crippen molar-refractivity contribution in [1.82, 2.24) is 9.80 Å². The summed E-state index contributed by atoms with van der Waals surface area (Å²) in [5, 5.41) is 10.1. The molecule has 202 valence electrons. The Morgan fingerprint density at radius 3 is 2.67 bits per heavy atom. The van der Waals surface area contributed by atoms with Crippen LogP contribution >= 0.6 is 27.7 Å². The maximum absolute atomic E-state index is 14.2. The molecule has 0 aliphatic carbocycles. The van der Waals surface area contributed by atoms with Crippen LogP contribution < -0.4 is 0 Å². The van der Waals surface area contributed by atoms with Gasteiger partial charge in [0.1, 0.15) is 6.04 Å². The molecular weight excluding hydrogens is 544 g/mol. The van der Waals surface area contributed by atoms with Crippen molar-refractivity contribution in [3.8, 4) is 0 Å². The molecule has 2 bridgehead atoms. The van der Waals surface area contributed by atoms with Crippen molar-refractivity contribution in [3.05, 3.63) is 25.3 Å². The number of carbonyl (C=O) groups excluding carboxylic acids is 3. The quantitative estimate of drug-likeness (QED) is 0.136. The molecule has 7 nitrogen and oxygen atoms in total. The number of nitrogens with zero attached hydrogens (tertiary/aromatic N) is 2. The van der Waals surface area contributed by atoms with Gasteiger partial charge in [-0.05, 0) is 38.5 Å². The number of ether oxygens (including phenoxy) is 1. The zero-order valence-electron chi connectivity index (χ0n) is 21.6. The average Bonchev–Trinajstić information content (AvgIpc) is 3.46. The predicted molar refractivity (Wildman–Crippen MR) is 147 cm³/mol. The summed E-state index contributed by atoms with van der Waals surface area (Å²) in [5.74, 6) is -1.91. The van der Waals surface area contributed by atoms with Crippen molar-refractivity contribution in [2.24, 2.45) is 11.8 Å².